The molecule has 7 heteroatoms. The fourth-order valence-electron chi connectivity index (χ4n) is 4.55. The van der Waals surface area contributed by atoms with Crippen LogP contribution in [-0.4, -0.2) is 70.5 Å². The van der Waals surface area contributed by atoms with E-state index in [0.29, 0.717) is 19.0 Å². The van der Waals surface area contributed by atoms with E-state index < -0.39 is 0 Å². The second-order valence-corrected chi connectivity index (χ2v) is 8.47. The lowest BCUT2D eigenvalue weighted by Gasteiger charge is -2.35. The molecule has 2 aromatic carbocycles. The van der Waals surface area contributed by atoms with Gasteiger partial charge in [0, 0.05) is 51.0 Å². The first-order valence-corrected chi connectivity index (χ1v) is 11.5. The smallest absolute Gasteiger partial charge is 0.314 e. The summed E-state index contributed by atoms with van der Waals surface area (Å²) in [6, 6.07) is 18.6. The van der Waals surface area contributed by atoms with E-state index in [0.717, 1.165) is 51.6 Å². The second-order valence-electron chi connectivity index (χ2n) is 8.47. The maximum absolute atomic E-state index is 12.6. The molecule has 4 rings (SSSR count). The molecule has 0 radical (unpaired) electrons. The Morgan fingerprint density at radius 2 is 1.91 bits per heavy atom. The molecule has 2 N–H and O–H groups in total. The van der Waals surface area contributed by atoms with Gasteiger partial charge in [-0.2, -0.15) is 0 Å². The van der Waals surface area contributed by atoms with E-state index in [1.54, 1.807) is 7.11 Å². The summed E-state index contributed by atoms with van der Waals surface area (Å²) in [7, 11) is 1.69. The number of nitrogens with one attached hydrogen (secondary N) is 2. The van der Waals surface area contributed by atoms with Crippen molar-refractivity contribution < 1.29 is 14.3 Å². The molecule has 2 fully saturated rings. The van der Waals surface area contributed by atoms with Gasteiger partial charge in [-0.25, -0.2) is 4.79 Å². The SMILES string of the molecule is COc1cccc(N2CCC(CNC(=O)NCC(c3ccccc3)N3CCOCC3)C2)c1. The number of nitrogens with zero attached hydrogens (tertiary/aromatic N) is 2. The van der Waals surface area contributed by atoms with Gasteiger partial charge in [-0.15, -0.1) is 0 Å². The highest BCUT2D eigenvalue weighted by Gasteiger charge is 2.25. The van der Waals surface area contributed by atoms with Gasteiger partial charge >= 0.3 is 6.03 Å². The Kier molecular flexibility index (Phi) is 7.85. The molecule has 0 spiro atoms. The van der Waals surface area contributed by atoms with Crippen molar-refractivity contribution in [1.82, 2.24) is 15.5 Å². The first-order valence-electron chi connectivity index (χ1n) is 11.5. The molecular formula is C25H34N4O3. The summed E-state index contributed by atoms with van der Waals surface area (Å²) in [4.78, 5) is 17.3. The van der Waals surface area contributed by atoms with E-state index in [4.69, 9.17) is 9.47 Å². The van der Waals surface area contributed by atoms with Gasteiger partial charge in [0.2, 0.25) is 0 Å². The topological polar surface area (TPSA) is 66.1 Å². The number of rotatable bonds is 8. The molecule has 7 nitrogen and oxygen atoms in total. The minimum absolute atomic E-state index is 0.0981. The molecule has 2 aliphatic rings. The standard InChI is InChI=1S/C25H34N4O3/c1-31-23-9-5-8-22(16-23)29-11-10-20(19-29)17-26-25(30)27-18-24(21-6-3-2-4-7-21)28-12-14-32-15-13-28/h2-9,16,20,24H,10-15,17-19H2,1H3,(H2,26,27,30). The van der Waals surface area contributed by atoms with E-state index >= 15 is 0 Å². The molecule has 0 aromatic heterocycles. The van der Waals surface area contributed by atoms with Crippen LogP contribution in [0.15, 0.2) is 54.6 Å². The summed E-state index contributed by atoms with van der Waals surface area (Å²) < 4.78 is 10.8. The summed E-state index contributed by atoms with van der Waals surface area (Å²) in [6.07, 6.45) is 1.07. The highest BCUT2D eigenvalue weighted by molar-refractivity contribution is 5.73. The van der Waals surface area contributed by atoms with Crippen molar-refractivity contribution in [2.75, 3.05) is 64.5 Å². The number of urea groups is 1. The number of hydrogen-bond acceptors (Lipinski definition) is 5. The Balaban J connectivity index is 1.25. The predicted molar refractivity (Wildman–Crippen MR) is 126 cm³/mol. The van der Waals surface area contributed by atoms with Crippen molar-refractivity contribution in [1.29, 1.82) is 0 Å². The number of amides is 2. The molecule has 0 bridgehead atoms. The molecule has 2 heterocycles. The van der Waals surface area contributed by atoms with Crippen LogP contribution >= 0.6 is 0 Å². The van der Waals surface area contributed by atoms with Crippen LogP contribution in [0.4, 0.5) is 10.5 Å². The van der Waals surface area contributed by atoms with Crippen LogP contribution in [0.1, 0.15) is 18.0 Å². The third kappa shape index (κ3) is 5.93. The van der Waals surface area contributed by atoms with Gasteiger partial charge in [-0.1, -0.05) is 36.4 Å². The predicted octanol–water partition coefficient (Wildman–Crippen LogP) is 2.89. The lowest BCUT2D eigenvalue weighted by Crippen LogP contribution is -2.46. The second kappa shape index (κ2) is 11.2. The Labute approximate surface area is 190 Å². The summed E-state index contributed by atoms with van der Waals surface area (Å²) >= 11 is 0. The van der Waals surface area contributed by atoms with Crippen molar-refractivity contribution in [3.8, 4) is 5.75 Å². The number of carbonyl (C=O) groups excluding carboxylic acids is 1. The van der Waals surface area contributed by atoms with Gasteiger partial charge in [-0.05, 0) is 30.0 Å². The zero-order valence-electron chi connectivity index (χ0n) is 18.8. The Bertz CT molecular complexity index is 857. The van der Waals surface area contributed by atoms with E-state index in [9.17, 15) is 4.79 Å². The Morgan fingerprint density at radius 3 is 2.69 bits per heavy atom. The van der Waals surface area contributed by atoms with Gasteiger partial charge in [0.05, 0.1) is 26.4 Å². The van der Waals surface area contributed by atoms with E-state index in [2.05, 4.69) is 56.8 Å². The molecule has 2 unspecified atom stereocenters. The highest BCUT2D eigenvalue weighted by atomic mass is 16.5. The van der Waals surface area contributed by atoms with E-state index in [1.807, 2.05) is 18.2 Å². The molecule has 2 atom stereocenters. The average molecular weight is 439 g/mol. The summed E-state index contributed by atoms with van der Waals surface area (Å²) in [5.41, 5.74) is 2.40. The Hall–Kier alpha value is -2.77. The first-order chi connectivity index (χ1) is 15.7. The number of ether oxygens (including phenoxy) is 2. The van der Waals surface area contributed by atoms with Crippen LogP contribution in [0, 0.1) is 5.92 Å². The van der Waals surface area contributed by atoms with Crippen LogP contribution in [0.5, 0.6) is 5.75 Å². The van der Waals surface area contributed by atoms with Gasteiger partial charge < -0.3 is 25.0 Å². The summed E-state index contributed by atoms with van der Waals surface area (Å²) in [6.45, 7) is 6.43. The third-order valence-electron chi connectivity index (χ3n) is 6.38. The fourth-order valence-corrected chi connectivity index (χ4v) is 4.55. The Morgan fingerprint density at radius 1 is 1.09 bits per heavy atom. The maximum Gasteiger partial charge on any atom is 0.314 e. The van der Waals surface area contributed by atoms with Crippen LogP contribution in [0.25, 0.3) is 0 Å². The lowest BCUT2D eigenvalue weighted by molar-refractivity contribution is 0.0167. The van der Waals surface area contributed by atoms with Gasteiger partial charge in [0.1, 0.15) is 5.75 Å². The zero-order chi connectivity index (χ0) is 22.2. The normalized spacial score (nSPS) is 20.0. The number of hydrogen-bond donors (Lipinski definition) is 2. The largest absolute Gasteiger partial charge is 0.497 e. The van der Waals surface area contributed by atoms with Crippen molar-refractivity contribution >= 4 is 11.7 Å². The van der Waals surface area contributed by atoms with Crippen molar-refractivity contribution in [2.45, 2.75) is 12.5 Å². The number of anilines is 1. The zero-order valence-corrected chi connectivity index (χ0v) is 18.8. The summed E-state index contributed by atoms with van der Waals surface area (Å²) in [5.74, 6) is 1.31. The molecule has 2 aliphatic heterocycles. The molecule has 0 aliphatic carbocycles. The average Bonchev–Trinajstić information content (AvgIpc) is 3.33. The van der Waals surface area contributed by atoms with Gasteiger partial charge in [-0.3, -0.25) is 4.90 Å². The van der Waals surface area contributed by atoms with Crippen LogP contribution in [0.2, 0.25) is 0 Å². The molecule has 172 valence electrons. The molecule has 32 heavy (non-hydrogen) atoms. The first kappa shape index (κ1) is 22.4. The van der Waals surface area contributed by atoms with Crippen molar-refractivity contribution in [3.05, 3.63) is 60.2 Å². The van der Waals surface area contributed by atoms with Crippen LogP contribution in [-0.2, 0) is 4.74 Å². The number of benzene rings is 2. The van der Waals surface area contributed by atoms with E-state index in [1.165, 1.54) is 11.3 Å². The van der Waals surface area contributed by atoms with Crippen molar-refractivity contribution in [3.63, 3.8) is 0 Å². The number of carbonyl (C=O) groups is 1. The van der Waals surface area contributed by atoms with Crippen LogP contribution < -0.4 is 20.3 Å². The van der Waals surface area contributed by atoms with Gasteiger partial charge in [0.25, 0.3) is 0 Å². The molecular weight excluding hydrogens is 404 g/mol. The van der Waals surface area contributed by atoms with E-state index in [-0.39, 0.29) is 12.1 Å². The lowest BCUT2D eigenvalue weighted by atomic mass is 10.0. The van der Waals surface area contributed by atoms with Crippen LogP contribution in [0.3, 0.4) is 0 Å². The molecule has 2 aromatic rings. The van der Waals surface area contributed by atoms with Crippen molar-refractivity contribution in [2.24, 2.45) is 5.92 Å². The molecule has 2 saturated heterocycles. The molecule has 2 amide bonds. The minimum Gasteiger partial charge on any atom is -0.497 e. The summed E-state index contributed by atoms with van der Waals surface area (Å²) in [5, 5.41) is 6.18. The maximum atomic E-state index is 12.6. The highest BCUT2D eigenvalue weighted by Crippen LogP contribution is 2.26. The monoisotopic (exact) mass is 438 g/mol. The van der Waals surface area contributed by atoms with Gasteiger partial charge in [0.15, 0.2) is 0 Å². The quantitative estimate of drug-likeness (QED) is 0.664. The number of methoxy groups -OCH3 is 1. The minimum atomic E-state index is -0.0981. The third-order valence-corrected chi connectivity index (χ3v) is 6.38. The fraction of sp³-hybridized carbons (Fsp3) is 0.480. The number of morpholine rings is 1. The molecule has 0 saturated carbocycles.